The zero-order chi connectivity index (χ0) is 22.2. The molecule has 1 amide bonds. The van der Waals surface area contributed by atoms with Crippen LogP contribution in [0.5, 0.6) is 0 Å². The standard InChI is InChI=1S/C26H34N2O3/c1-17-8-7-13-28(15-17)23(29)16-31-25(30)24-19-9-5-6-10-21(19)27-22-12-11-18(14-20(22)24)26(2,3)4/h5-6,9-10,17-18H,7-8,11-16H2,1-4H3/t17-,18+/m0/s1. The van der Waals surface area contributed by atoms with Gasteiger partial charge in [-0.05, 0) is 61.0 Å². The molecule has 166 valence electrons. The predicted octanol–water partition coefficient (Wildman–Crippen LogP) is 4.80. The van der Waals surface area contributed by atoms with Crippen molar-refractivity contribution in [2.45, 2.75) is 59.8 Å². The lowest BCUT2D eigenvalue weighted by molar-refractivity contribution is -0.136. The summed E-state index contributed by atoms with van der Waals surface area (Å²) in [6.45, 7) is 10.2. The summed E-state index contributed by atoms with van der Waals surface area (Å²) in [7, 11) is 0. The number of aromatic nitrogens is 1. The topological polar surface area (TPSA) is 59.5 Å². The molecule has 0 radical (unpaired) electrons. The van der Waals surface area contributed by atoms with E-state index in [4.69, 9.17) is 9.72 Å². The Morgan fingerprint density at radius 3 is 2.71 bits per heavy atom. The second-order valence-corrected chi connectivity index (χ2v) is 10.4. The van der Waals surface area contributed by atoms with Gasteiger partial charge in [0.05, 0.1) is 11.1 Å². The molecular weight excluding hydrogens is 388 g/mol. The number of carbonyl (C=O) groups is 2. The number of likely N-dealkylation sites (tertiary alicyclic amines) is 1. The molecule has 1 saturated heterocycles. The Balaban J connectivity index is 1.61. The van der Waals surface area contributed by atoms with Crippen LogP contribution in [-0.4, -0.2) is 41.5 Å². The van der Waals surface area contributed by atoms with Crippen LogP contribution in [0.2, 0.25) is 0 Å². The van der Waals surface area contributed by atoms with Gasteiger partial charge in [-0.2, -0.15) is 0 Å². The van der Waals surface area contributed by atoms with Gasteiger partial charge in [0.1, 0.15) is 0 Å². The second kappa shape index (κ2) is 8.60. The van der Waals surface area contributed by atoms with Crippen molar-refractivity contribution in [2.24, 2.45) is 17.3 Å². The number of aryl methyl sites for hydroxylation is 1. The van der Waals surface area contributed by atoms with Crippen molar-refractivity contribution in [3.05, 3.63) is 41.1 Å². The van der Waals surface area contributed by atoms with Crippen LogP contribution in [0.1, 0.15) is 68.6 Å². The van der Waals surface area contributed by atoms with Gasteiger partial charge in [0, 0.05) is 24.2 Å². The minimum atomic E-state index is -0.400. The fraction of sp³-hybridized carbons (Fsp3) is 0.577. The fourth-order valence-corrected chi connectivity index (χ4v) is 5.07. The van der Waals surface area contributed by atoms with Crippen LogP contribution in [0.3, 0.4) is 0 Å². The molecular formula is C26H34N2O3. The summed E-state index contributed by atoms with van der Waals surface area (Å²) in [6, 6.07) is 7.76. The molecule has 2 aromatic rings. The largest absolute Gasteiger partial charge is 0.452 e. The number of piperidine rings is 1. The van der Waals surface area contributed by atoms with Gasteiger partial charge in [-0.3, -0.25) is 9.78 Å². The van der Waals surface area contributed by atoms with Gasteiger partial charge < -0.3 is 9.64 Å². The summed E-state index contributed by atoms with van der Waals surface area (Å²) in [5.41, 5.74) is 3.59. The Hall–Kier alpha value is -2.43. The molecule has 0 spiro atoms. The molecule has 0 saturated carbocycles. The van der Waals surface area contributed by atoms with E-state index in [9.17, 15) is 9.59 Å². The van der Waals surface area contributed by atoms with Gasteiger partial charge in [0.2, 0.25) is 0 Å². The van der Waals surface area contributed by atoms with E-state index < -0.39 is 5.97 Å². The minimum absolute atomic E-state index is 0.0975. The maximum Gasteiger partial charge on any atom is 0.339 e. The molecule has 1 aromatic carbocycles. The molecule has 0 N–H and O–H groups in total. The van der Waals surface area contributed by atoms with E-state index in [1.165, 1.54) is 0 Å². The van der Waals surface area contributed by atoms with Crippen LogP contribution in [0.15, 0.2) is 24.3 Å². The van der Waals surface area contributed by atoms with E-state index >= 15 is 0 Å². The van der Waals surface area contributed by atoms with Crippen molar-refractivity contribution in [2.75, 3.05) is 19.7 Å². The highest BCUT2D eigenvalue weighted by atomic mass is 16.5. The molecule has 2 heterocycles. The van der Waals surface area contributed by atoms with Crippen LogP contribution in [-0.2, 0) is 22.4 Å². The molecule has 5 nitrogen and oxygen atoms in total. The van der Waals surface area contributed by atoms with E-state index in [0.29, 0.717) is 17.4 Å². The lowest BCUT2D eigenvalue weighted by atomic mass is 9.70. The molecule has 1 aliphatic heterocycles. The number of amides is 1. The average Bonchev–Trinajstić information content (AvgIpc) is 2.74. The van der Waals surface area contributed by atoms with Crippen LogP contribution >= 0.6 is 0 Å². The third-order valence-electron chi connectivity index (χ3n) is 7.02. The molecule has 2 atom stereocenters. The van der Waals surface area contributed by atoms with Crippen molar-refractivity contribution in [3.63, 3.8) is 0 Å². The molecule has 1 aliphatic carbocycles. The number of rotatable bonds is 3. The predicted molar refractivity (Wildman–Crippen MR) is 122 cm³/mol. The van der Waals surface area contributed by atoms with Gasteiger partial charge in [0.25, 0.3) is 5.91 Å². The summed E-state index contributed by atoms with van der Waals surface area (Å²) in [4.78, 5) is 32.7. The summed E-state index contributed by atoms with van der Waals surface area (Å²) >= 11 is 0. The Labute approximate surface area is 185 Å². The average molecular weight is 423 g/mol. The fourth-order valence-electron chi connectivity index (χ4n) is 5.07. The van der Waals surface area contributed by atoms with Crippen LogP contribution in [0.25, 0.3) is 10.9 Å². The lowest BCUT2D eigenvalue weighted by Crippen LogP contribution is -2.41. The molecule has 31 heavy (non-hydrogen) atoms. The van der Waals surface area contributed by atoms with Crippen molar-refractivity contribution in [1.29, 1.82) is 0 Å². The highest BCUT2D eigenvalue weighted by molar-refractivity contribution is 6.05. The number of fused-ring (bicyclic) bond motifs is 2. The molecule has 1 aromatic heterocycles. The lowest BCUT2D eigenvalue weighted by Gasteiger charge is -2.35. The SMILES string of the molecule is C[C@H]1CCCN(C(=O)COC(=O)c2c3c(nc4ccccc24)CC[C@@H](C(C)(C)C)C3)C1. The van der Waals surface area contributed by atoms with Crippen molar-refractivity contribution < 1.29 is 14.3 Å². The number of hydrogen-bond acceptors (Lipinski definition) is 4. The minimum Gasteiger partial charge on any atom is -0.452 e. The Morgan fingerprint density at radius 2 is 1.97 bits per heavy atom. The zero-order valence-electron chi connectivity index (χ0n) is 19.2. The van der Waals surface area contributed by atoms with E-state index in [2.05, 4.69) is 27.7 Å². The number of esters is 1. The quantitative estimate of drug-likeness (QED) is 0.667. The maximum atomic E-state index is 13.3. The normalized spacial score (nSPS) is 21.6. The van der Waals surface area contributed by atoms with Gasteiger partial charge in [0.15, 0.2) is 6.61 Å². The third-order valence-corrected chi connectivity index (χ3v) is 7.02. The van der Waals surface area contributed by atoms with Crippen molar-refractivity contribution in [1.82, 2.24) is 9.88 Å². The first-order valence-electron chi connectivity index (χ1n) is 11.6. The van der Waals surface area contributed by atoms with E-state index in [0.717, 1.165) is 67.4 Å². The maximum absolute atomic E-state index is 13.3. The monoisotopic (exact) mass is 422 g/mol. The van der Waals surface area contributed by atoms with Crippen molar-refractivity contribution in [3.8, 4) is 0 Å². The number of hydrogen-bond donors (Lipinski definition) is 0. The second-order valence-electron chi connectivity index (χ2n) is 10.4. The number of carbonyl (C=O) groups excluding carboxylic acids is 2. The Bertz CT molecular complexity index is 992. The summed E-state index contributed by atoms with van der Waals surface area (Å²) in [5, 5.41) is 0.819. The van der Waals surface area contributed by atoms with E-state index in [1.54, 1.807) is 0 Å². The molecule has 1 fully saturated rings. The molecule has 4 rings (SSSR count). The summed E-state index contributed by atoms with van der Waals surface area (Å²) in [6.07, 6.45) is 4.92. The first-order chi connectivity index (χ1) is 14.7. The molecule has 5 heteroatoms. The van der Waals surface area contributed by atoms with Crippen molar-refractivity contribution >= 4 is 22.8 Å². The highest BCUT2D eigenvalue weighted by Crippen LogP contribution is 2.39. The zero-order valence-corrected chi connectivity index (χ0v) is 19.2. The number of benzene rings is 1. The Kier molecular flexibility index (Phi) is 6.05. The van der Waals surface area contributed by atoms with Gasteiger partial charge in [-0.25, -0.2) is 4.79 Å². The highest BCUT2D eigenvalue weighted by Gasteiger charge is 2.33. The Morgan fingerprint density at radius 1 is 1.19 bits per heavy atom. The number of pyridine rings is 1. The molecule has 0 bridgehead atoms. The van der Waals surface area contributed by atoms with Crippen LogP contribution < -0.4 is 0 Å². The van der Waals surface area contributed by atoms with Gasteiger partial charge >= 0.3 is 5.97 Å². The van der Waals surface area contributed by atoms with Gasteiger partial charge in [-0.1, -0.05) is 45.9 Å². The van der Waals surface area contributed by atoms with E-state index in [1.807, 2.05) is 29.2 Å². The molecule has 2 aliphatic rings. The first kappa shape index (κ1) is 21.8. The van der Waals surface area contributed by atoms with Gasteiger partial charge in [-0.15, -0.1) is 0 Å². The van der Waals surface area contributed by atoms with Crippen LogP contribution in [0, 0.1) is 17.3 Å². The first-order valence-corrected chi connectivity index (χ1v) is 11.6. The molecule has 0 unspecified atom stereocenters. The smallest absolute Gasteiger partial charge is 0.339 e. The summed E-state index contributed by atoms with van der Waals surface area (Å²) < 4.78 is 5.62. The number of nitrogens with zero attached hydrogens (tertiary/aromatic N) is 2. The third kappa shape index (κ3) is 4.60. The summed E-state index contributed by atoms with van der Waals surface area (Å²) in [5.74, 6) is 0.479. The number of para-hydroxylation sites is 1. The van der Waals surface area contributed by atoms with Crippen LogP contribution in [0.4, 0.5) is 0 Å². The van der Waals surface area contributed by atoms with E-state index in [-0.39, 0.29) is 17.9 Å². The number of ether oxygens (including phenoxy) is 1.